The predicted molar refractivity (Wildman–Crippen MR) is 63.4 cm³/mol. The third-order valence-electron chi connectivity index (χ3n) is 2.55. The molecule has 0 bridgehead atoms. The molecule has 0 radical (unpaired) electrons. The highest BCUT2D eigenvalue weighted by atomic mass is 16.4. The van der Waals surface area contributed by atoms with Crippen LogP contribution in [0.25, 0.3) is 0 Å². The molecule has 0 aromatic rings. The molecule has 0 saturated heterocycles. The van der Waals surface area contributed by atoms with Crippen molar-refractivity contribution in [1.29, 1.82) is 0 Å². The Hall–Kier alpha value is -1.30. The fourth-order valence-electron chi connectivity index (χ4n) is 1.34. The van der Waals surface area contributed by atoms with Crippen LogP contribution in [0.4, 0.5) is 0 Å². The van der Waals surface area contributed by atoms with E-state index in [1.165, 1.54) is 0 Å². The zero-order valence-electron chi connectivity index (χ0n) is 10.4. The summed E-state index contributed by atoms with van der Waals surface area (Å²) in [6.07, 6.45) is 0.656. The molecule has 2 unspecified atom stereocenters. The van der Waals surface area contributed by atoms with Crippen molar-refractivity contribution in [3.8, 4) is 0 Å². The lowest BCUT2D eigenvalue weighted by Crippen LogP contribution is -2.51. The number of hydrogen-bond donors (Lipinski definition) is 3. The van der Waals surface area contributed by atoms with Crippen LogP contribution in [0.1, 0.15) is 27.2 Å². The highest BCUT2D eigenvalue weighted by Crippen LogP contribution is 1.97. The third kappa shape index (κ3) is 4.06. The molecule has 6 heteroatoms. The van der Waals surface area contributed by atoms with Gasteiger partial charge in [-0.3, -0.25) is 10.1 Å². The number of rotatable bonds is 6. The molecule has 0 heterocycles. The molecular formula is C10H22N4O2. The van der Waals surface area contributed by atoms with Crippen LogP contribution in [0.3, 0.4) is 0 Å². The summed E-state index contributed by atoms with van der Waals surface area (Å²) in [5.74, 6) is 0.0907. The second-order valence-electron chi connectivity index (χ2n) is 3.73. The SMILES string of the molecule is CCC(NC(C)C(=O)N(C)CC)C(N)=NO. The van der Waals surface area contributed by atoms with E-state index in [9.17, 15) is 4.79 Å². The summed E-state index contributed by atoms with van der Waals surface area (Å²) in [5, 5.41) is 14.5. The van der Waals surface area contributed by atoms with Crippen LogP contribution in [0.2, 0.25) is 0 Å². The van der Waals surface area contributed by atoms with Crippen LogP contribution in [0.15, 0.2) is 5.16 Å². The van der Waals surface area contributed by atoms with Gasteiger partial charge in [-0.1, -0.05) is 12.1 Å². The second-order valence-corrected chi connectivity index (χ2v) is 3.73. The lowest BCUT2D eigenvalue weighted by atomic mass is 10.1. The summed E-state index contributed by atoms with van der Waals surface area (Å²) in [4.78, 5) is 13.4. The Labute approximate surface area is 96.5 Å². The van der Waals surface area contributed by atoms with E-state index in [0.717, 1.165) is 0 Å². The molecule has 0 aliphatic rings. The van der Waals surface area contributed by atoms with E-state index in [0.29, 0.717) is 13.0 Å². The molecule has 4 N–H and O–H groups in total. The maximum absolute atomic E-state index is 11.8. The molecule has 0 aromatic heterocycles. The van der Waals surface area contributed by atoms with E-state index in [1.54, 1.807) is 18.9 Å². The smallest absolute Gasteiger partial charge is 0.239 e. The summed E-state index contributed by atoms with van der Waals surface area (Å²) < 4.78 is 0. The van der Waals surface area contributed by atoms with Gasteiger partial charge in [-0.2, -0.15) is 0 Å². The Kier molecular flexibility index (Phi) is 6.48. The lowest BCUT2D eigenvalue weighted by molar-refractivity contribution is -0.131. The average molecular weight is 230 g/mol. The first-order valence-electron chi connectivity index (χ1n) is 5.46. The van der Waals surface area contributed by atoms with E-state index in [1.807, 2.05) is 13.8 Å². The molecule has 0 aliphatic heterocycles. The maximum Gasteiger partial charge on any atom is 0.239 e. The van der Waals surface area contributed by atoms with Crippen molar-refractivity contribution in [3.05, 3.63) is 0 Å². The quantitative estimate of drug-likeness (QED) is 0.258. The van der Waals surface area contributed by atoms with Crippen molar-refractivity contribution in [2.45, 2.75) is 39.3 Å². The molecule has 0 rings (SSSR count). The Bertz CT molecular complexity index is 255. The minimum atomic E-state index is -0.352. The van der Waals surface area contributed by atoms with Crippen molar-refractivity contribution < 1.29 is 10.0 Å². The molecule has 0 aromatic carbocycles. The number of nitrogens with two attached hydrogens (primary N) is 1. The van der Waals surface area contributed by atoms with Crippen LogP contribution in [-0.2, 0) is 4.79 Å². The number of amides is 1. The maximum atomic E-state index is 11.8. The first-order chi connectivity index (χ1) is 7.47. The molecule has 0 aliphatic carbocycles. The van der Waals surface area contributed by atoms with Crippen LogP contribution >= 0.6 is 0 Å². The van der Waals surface area contributed by atoms with Crippen LogP contribution in [0.5, 0.6) is 0 Å². The zero-order valence-corrected chi connectivity index (χ0v) is 10.4. The van der Waals surface area contributed by atoms with Gasteiger partial charge in [0.05, 0.1) is 12.1 Å². The minimum absolute atomic E-state index is 0.00769. The van der Waals surface area contributed by atoms with Gasteiger partial charge in [-0.05, 0) is 20.3 Å². The molecule has 94 valence electrons. The van der Waals surface area contributed by atoms with Gasteiger partial charge in [0.2, 0.25) is 5.91 Å². The predicted octanol–water partition coefficient (Wildman–Crippen LogP) is -0.0322. The summed E-state index contributed by atoms with van der Waals surface area (Å²) in [7, 11) is 1.74. The van der Waals surface area contributed by atoms with Gasteiger partial charge in [-0.25, -0.2) is 0 Å². The second kappa shape index (κ2) is 7.05. The summed E-state index contributed by atoms with van der Waals surface area (Å²) in [6.45, 7) is 6.23. The fraction of sp³-hybridized carbons (Fsp3) is 0.800. The van der Waals surface area contributed by atoms with Crippen LogP contribution in [0, 0.1) is 0 Å². The van der Waals surface area contributed by atoms with Crippen molar-refractivity contribution in [2.24, 2.45) is 10.9 Å². The highest BCUT2D eigenvalue weighted by molar-refractivity contribution is 5.87. The average Bonchev–Trinajstić information content (AvgIpc) is 2.32. The number of carbonyl (C=O) groups is 1. The van der Waals surface area contributed by atoms with Gasteiger partial charge in [-0.15, -0.1) is 0 Å². The number of carbonyl (C=O) groups excluding carboxylic acids is 1. The summed E-state index contributed by atoms with van der Waals surface area (Å²) >= 11 is 0. The number of nitrogens with zero attached hydrogens (tertiary/aromatic N) is 2. The standard InChI is InChI=1S/C10H22N4O2/c1-5-8(9(11)13-16)12-7(3)10(15)14(4)6-2/h7-8,12,16H,5-6H2,1-4H3,(H2,11,13). The first-order valence-corrected chi connectivity index (χ1v) is 5.46. The minimum Gasteiger partial charge on any atom is -0.409 e. The molecule has 16 heavy (non-hydrogen) atoms. The number of amidine groups is 1. The largest absolute Gasteiger partial charge is 0.409 e. The number of nitrogens with one attached hydrogen (secondary N) is 1. The van der Waals surface area contributed by atoms with Gasteiger partial charge in [0.25, 0.3) is 0 Å². The lowest BCUT2D eigenvalue weighted by Gasteiger charge is -2.24. The van der Waals surface area contributed by atoms with Crippen molar-refractivity contribution in [1.82, 2.24) is 10.2 Å². The molecular weight excluding hydrogens is 208 g/mol. The first kappa shape index (κ1) is 14.7. The van der Waals surface area contributed by atoms with Gasteiger partial charge in [0.1, 0.15) is 0 Å². The van der Waals surface area contributed by atoms with Crippen LogP contribution in [-0.4, -0.2) is 47.5 Å². The Morgan fingerprint density at radius 3 is 2.50 bits per heavy atom. The van der Waals surface area contributed by atoms with E-state index in [4.69, 9.17) is 10.9 Å². The van der Waals surface area contributed by atoms with Crippen molar-refractivity contribution in [3.63, 3.8) is 0 Å². The fourth-order valence-corrected chi connectivity index (χ4v) is 1.34. The summed E-state index contributed by atoms with van der Waals surface area (Å²) in [6, 6.07) is -0.635. The van der Waals surface area contributed by atoms with Gasteiger partial charge >= 0.3 is 0 Å². The van der Waals surface area contributed by atoms with Crippen molar-refractivity contribution >= 4 is 11.7 Å². The Morgan fingerprint density at radius 2 is 2.12 bits per heavy atom. The zero-order chi connectivity index (χ0) is 12.7. The van der Waals surface area contributed by atoms with E-state index < -0.39 is 0 Å². The topological polar surface area (TPSA) is 91.0 Å². The van der Waals surface area contributed by atoms with E-state index >= 15 is 0 Å². The normalized spacial score (nSPS) is 15.6. The third-order valence-corrected chi connectivity index (χ3v) is 2.55. The molecule has 0 fully saturated rings. The number of likely N-dealkylation sites (N-methyl/N-ethyl adjacent to an activating group) is 1. The van der Waals surface area contributed by atoms with Gasteiger partial charge < -0.3 is 15.8 Å². The van der Waals surface area contributed by atoms with Gasteiger partial charge in [0, 0.05) is 13.6 Å². The molecule has 6 nitrogen and oxygen atoms in total. The van der Waals surface area contributed by atoms with E-state index in [-0.39, 0.29) is 23.8 Å². The van der Waals surface area contributed by atoms with Gasteiger partial charge in [0.15, 0.2) is 5.84 Å². The molecule has 1 amide bonds. The Morgan fingerprint density at radius 1 is 1.56 bits per heavy atom. The van der Waals surface area contributed by atoms with Crippen LogP contribution < -0.4 is 11.1 Å². The van der Waals surface area contributed by atoms with Crippen molar-refractivity contribution in [2.75, 3.05) is 13.6 Å². The number of oxime groups is 1. The van der Waals surface area contributed by atoms with E-state index in [2.05, 4.69) is 10.5 Å². The highest BCUT2D eigenvalue weighted by Gasteiger charge is 2.21. The Balaban J connectivity index is 4.41. The molecule has 0 saturated carbocycles. The summed E-state index contributed by atoms with van der Waals surface area (Å²) in [5.41, 5.74) is 5.50. The number of hydrogen-bond acceptors (Lipinski definition) is 4. The molecule has 0 spiro atoms. The monoisotopic (exact) mass is 230 g/mol. The molecule has 2 atom stereocenters.